The quantitative estimate of drug-likeness (QED) is 0.153. The summed E-state index contributed by atoms with van der Waals surface area (Å²) in [6.45, 7) is 2.42. The first-order valence-electron chi connectivity index (χ1n) is 19.1. The number of likely N-dealkylation sites (tertiary alicyclic amines) is 2. The molecule has 3 amide bonds. The van der Waals surface area contributed by atoms with Gasteiger partial charge in [0.15, 0.2) is 6.29 Å². The molecule has 0 bridgehead atoms. The van der Waals surface area contributed by atoms with Crippen molar-refractivity contribution in [2.24, 2.45) is 0 Å². The molecule has 3 aliphatic heterocycles. The van der Waals surface area contributed by atoms with Crippen LogP contribution in [0.3, 0.4) is 0 Å². The number of aliphatic hydroxyl groups is 1. The highest BCUT2D eigenvalue weighted by Crippen LogP contribution is 2.39. The molecule has 4 aromatic carbocycles. The molecule has 290 valence electrons. The Kier molecular flexibility index (Phi) is 11.1. The van der Waals surface area contributed by atoms with Gasteiger partial charge in [0.1, 0.15) is 12.6 Å². The number of nitrogens with zero attached hydrogens (tertiary/aromatic N) is 3. The van der Waals surface area contributed by atoms with Crippen molar-refractivity contribution in [2.75, 3.05) is 19.6 Å². The maximum atomic E-state index is 13.2. The van der Waals surface area contributed by atoms with Gasteiger partial charge in [-0.2, -0.15) is 0 Å². The Bertz CT molecular complexity index is 2210. The van der Waals surface area contributed by atoms with Crippen molar-refractivity contribution in [3.05, 3.63) is 141 Å². The number of H-pyrrole nitrogens is 1. The van der Waals surface area contributed by atoms with E-state index in [1.807, 2.05) is 108 Å². The molecule has 13 nitrogen and oxygen atoms in total. The molecular formula is C43H45N5O8. The number of benzene rings is 4. The van der Waals surface area contributed by atoms with Gasteiger partial charge < -0.3 is 34.5 Å². The number of hydrogen-bond donors (Lipinski definition) is 3. The van der Waals surface area contributed by atoms with Crippen molar-refractivity contribution < 1.29 is 33.7 Å². The monoisotopic (exact) mass is 759 g/mol. The molecule has 5 aromatic rings. The summed E-state index contributed by atoms with van der Waals surface area (Å²) >= 11 is 0. The third-order valence-electron chi connectivity index (χ3n) is 11.0. The number of para-hydroxylation sites is 2. The minimum absolute atomic E-state index is 0.0414. The Morgan fingerprint density at radius 1 is 0.821 bits per heavy atom. The van der Waals surface area contributed by atoms with Gasteiger partial charge in [-0.1, -0.05) is 91.0 Å². The Morgan fingerprint density at radius 3 is 2.27 bits per heavy atom. The molecular weight excluding hydrogens is 715 g/mol. The smallest absolute Gasteiger partial charge is 0.408 e. The zero-order valence-corrected chi connectivity index (χ0v) is 30.9. The molecule has 0 spiro atoms. The number of carbonyl (C=O) groups is 3. The third kappa shape index (κ3) is 8.31. The summed E-state index contributed by atoms with van der Waals surface area (Å²) in [6.07, 6.45) is 0.373. The number of aromatic nitrogens is 2. The number of aromatic amines is 1. The van der Waals surface area contributed by atoms with Crippen LogP contribution in [0.25, 0.3) is 11.0 Å². The van der Waals surface area contributed by atoms with Gasteiger partial charge in [-0.15, -0.1) is 0 Å². The average molecular weight is 760 g/mol. The van der Waals surface area contributed by atoms with Gasteiger partial charge in [-0.25, -0.2) is 9.59 Å². The second-order valence-electron chi connectivity index (χ2n) is 14.7. The van der Waals surface area contributed by atoms with E-state index in [4.69, 9.17) is 14.2 Å². The van der Waals surface area contributed by atoms with Gasteiger partial charge >= 0.3 is 11.8 Å². The zero-order chi connectivity index (χ0) is 38.6. The first kappa shape index (κ1) is 37.3. The summed E-state index contributed by atoms with van der Waals surface area (Å²) in [7, 11) is 0. The number of fused-ring (bicyclic) bond motifs is 1. The zero-order valence-electron chi connectivity index (χ0n) is 30.9. The van der Waals surface area contributed by atoms with Crippen molar-refractivity contribution in [3.8, 4) is 0 Å². The standard InChI is InChI=1S/C43H45N5O8/c49-26-29-12-14-31(15-13-29)38-22-34(25-46-20-18-33(19-21-46)48-37-9-5-4-8-35(37)44-42(48)52)55-41(56-38)32-16-10-28(11-17-32)24-47-39(50)23-36(40(47)51)45-43(53)54-27-30-6-2-1-3-7-30/h1-17,33-34,36,38,41,49H,18-27H2,(H,44,52)(H,45,53). The summed E-state index contributed by atoms with van der Waals surface area (Å²) in [6, 6.07) is 31.4. The minimum Gasteiger partial charge on any atom is -0.445 e. The maximum Gasteiger partial charge on any atom is 0.408 e. The molecule has 3 N–H and O–H groups in total. The maximum absolute atomic E-state index is 13.2. The van der Waals surface area contributed by atoms with E-state index in [2.05, 4.69) is 15.2 Å². The van der Waals surface area contributed by atoms with E-state index >= 15 is 0 Å². The van der Waals surface area contributed by atoms with Crippen LogP contribution in [-0.4, -0.2) is 74.1 Å². The second kappa shape index (κ2) is 16.6. The molecule has 8 rings (SSSR count). The minimum atomic E-state index is -0.989. The van der Waals surface area contributed by atoms with Gasteiger partial charge in [-0.05, 0) is 47.2 Å². The van der Waals surface area contributed by atoms with Crippen LogP contribution in [0.15, 0.2) is 108 Å². The van der Waals surface area contributed by atoms with E-state index in [0.29, 0.717) is 13.0 Å². The summed E-state index contributed by atoms with van der Waals surface area (Å²) in [5.41, 5.74) is 5.88. The summed E-state index contributed by atoms with van der Waals surface area (Å²) < 4.78 is 20.3. The Hall–Kier alpha value is -5.60. The molecule has 3 saturated heterocycles. The highest BCUT2D eigenvalue weighted by Gasteiger charge is 2.40. The van der Waals surface area contributed by atoms with E-state index in [-0.39, 0.29) is 56.0 Å². The number of imide groups is 1. The number of aliphatic hydroxyl groups excluding tert-OH is 1. The van der Waals surface area contributed by atoms with E-state index in [9.17, 15) is 24.3 Å². The van der Waals surface area contributed by atoms with Crippen LogP contribution >= 0.6 is 0 Å². The Morgan fingerprint density at radius 2 is 1.52 bits per heavy atom. The van der Waals surface area contributed by atoms with Gasteiger partial charge in [0, 0.05) is 37.7 Å². The molecule has 56 heavy (non-hydrogen) atoms. The molecule has 4 heterocycles. The largest absolute Gasteiger partial charge is 0.445 e. The van der Waals surface area contributed by atoms with Crippen LogP contribution in [0, 0.1) is 0 Å². The average Bonchev–Trinajstić information content (AvgIpc) is 3.70. The fourth-order valence-electron chi connectivity index (χ4n) is 7.95. The molecule has 1 aromatic heterocycles. The molecule has 3 aliphatic rings. The number of hydrogen-bond acceptors (Lipinski definition) is 9. The van der Waals surface area contributed by atoms with E-state index in [1.54, 1.807) is 0 Å². The molecule has 4 atom stereocenters. The summed E-state index contributed by atoms with van der Waals surface area (Å²) in [5, 5.41) is 12.1. The third-order valence-corrected chi connectivity index (χ3v) is 11.0. The van der Waals surface area contributed by atoms with Crippen LogP contribution in [0.1, 0.15) is 71.9 Å². The lowest BCUT2D eigenvalue weighted by Crippen LogP contribution is -2.43. The molecule has 3 fully saturated rings. The molecule has 0 radical (unpaired) electrons. The van der Waals surface area contributed by atoms with Gasteiger partial charge in [0.05, 0.1) is 42.8 Å². The predicted octanol–water partition coefficient (Wildman–Crippen LogP) is 5.26. The number of carbonyl (C=O) groups excluding carboxylic acids is 3. The van der Waals surface area contributed by atoms with E-state index < -0.39 is 24.3 Å². The molecule has 13 heteroatoms. The van der Waals surface area contributed by atoms with Crippen LogP contribution in [0.5, 0.6) is 0 Å². The SMILES string of the molecule is O=C(NC1CC(=O)N(Cc2ccc(C3OC(CN4CCC(n5c(=O)[nH]c6ccccc65)CC4)CC(c4ccc(CO)cc4)O3)cc2)C1=O)OCc1ccccc1. The lowest BCUT2D eigenvalue weighted by atomic mass is 9.98. The molecule has 0 saturated carbocycles. The fraction of sp³-hybridized carbons (Fsp3) is 0.349. The highest BCUT2D eigenvalue weighted by atomic mass is 16.7. The van der Waals surface area contributed by atoms with Crippen molar-refractivity contribution in [2.45, 2.75) is 76.0 Å². The molecule has 0 aliphatic carbocycles. The lowest BCUT2D eigenvalue weighted by Gasteiger charge is -2.40. The van der Waals surface area contributed by atoms with Crippen LogP contribution in [0.4, 0.5) is 4.79 Å². The Balaban J connectivity index is 0.904. The van der Waals surface area contributed by atoms with Crippen molar-refractivity contribution in [3.63, 3.8) is 0 Å². The number of piperidine rings is 1. The van der Waals surface area contributed by atoms with Crippen molar-refractivity contribution in [1.82, 2.24) is 24.7 Å². The Labute approximate surface area is 323 Å². The fourth-order valence-corrected chi connectivity index (χ4v) is 7.95. The second-order valence-corrected chi connectivity index (χ2v) is 14.7. The van der Waals surface area contributed by atoms with E-state index in [1.165, 1.54) is 0 Å². The van der Waals surface area contributed by atoms with Gasteiger partial charge in [-0.3, -0.25) is 19.1 Å². The summed E-state index contributed by atoms with van der Waals surface area (Å²) in [5.74, 6) is -0.855. The number of ether oxygens (including phenoxy) is 3. The first-order chi connectivity index (χ1) is 27.3. The van der Waals surface area contributed by atoms with Crippen LogP contribution in [-0.2, 0) is 43.6 Å². The number of nitrogens with one attached hydrogen (secondary N) is 2. The van der Waals surface area contributed by atoms with Gasteiger partial charge in [0.2, 0.25) is 5.91 Å². The highest BCUT2D eigenvalue weighted by molar-refractivity contribution is 6.06. The van der Waals surface area contributed by atoms with E-state index in [0.717, 1.165) is 69.7 Å². The normalized spacial score (nSPS) is 22.1. The topological polar surface area (TPSA) is 155 Å². The number of amides is 3. The molecule has 4 unspecified atom stereocenters. The number of imidazole rings is 1. The predicted molar refractivity (Wildman–Crippen MR) is 206 cm³/mol. The van der Waals surface area contributed by atoms with Crippen LogP contribution in [0.2, 0.25) is 0 Å². The van der Waals surface area contributed by atoms with Crippen LogP contribution < -0.4 is 11.0 Å². The summed E-state index contributed by atoms with van der Waals surface area (Å²) in [4.78, 5) is 57.8. The van der Waals surface area contributed by atoms with Crippen molar-refractivity contribution >= 4 is 28.9 Å². The number of alkyl carbamates (subject to hydrolysis) is 1. The van der Waals surface area contributed by atoms with Gasteiger partial charge in [0.25, 0.3) is 5.91 Å². The lowest BCUT2D eigenvalue weighted by molar-refractivity contribution is -0.253. The number of rotatable bonds is 11. The first-order valence-corrected chi connectivity index (χ1v) is 19.1. The van der Waals surface area contributed by atoms with Crippen molar-refractivity contribution in [1.29, 1.82) is 0 Å².